The lowest BCUT2D eigenvalue weighted by atomic mass is 9.51. The van der Waals surface area contributed by atoms with Crippen molar-refractivity contribution in [2.24, 2.45) is 40.9 Å². The Morgan fingerprint density at radius 2 is 2.04 bits per heavy atom. The first-order chi connectivity index (χ1) is 12.0. The summed E-state index contributed by atoms with van der Waals surface area (Å²) in [5, 5.41) is 9.54. The number of rotatable bonds is 3. The van der Waals surface area contributed by atoms with Crippen LogP contribution in [0.5, 0.6) is 0 Å². The Kier molecular flexibility index (Phi) is 4.42. The van der Waals surface area contributed by atoms with E-state index < -0.39 is 0 Å². The van der Waals surface area contributed by atoms with Gasteiger partial charge in [-0.15, -0.1) is 0 Å². The second-order valence-electron chi connectivity index (χ2n) is 9.35. The molecular weight excluding hydrogens is 312 g/mol. The van der Waals surface area contributed by atoms with Crippen molar-refractivity contribution in [2.75, 3.05) is 6.61 Å². The van der Waals surface area contributed by atoms with Gasteiger partial charge in [0.2, 0.25) is 0 Å². The van der Waals surface area contributed by atoms with E-state index in [4.69, 9.17) is 0 Å². The normalized spacial score (nSPS) is 46.0. The molecule has 4 aliphatic carbocycles. The zero-order valence-corrected chi connectivity index (χ0v) is 15.7. The van der Waals surface area contributed by atoms with Gasteiger partial charge >= 0.3 is 0 Å². The highest BCUT2D eigenvalue weighted by Crippen LogP contribution is 2.65. The fourth-order valence-electron chi connectivity index (χ4n) is 7.49. The Morgan fingerprint density at radius 1 is 1.24 bits per heavy atom. The molecule has 3 saturated carbocycles. The number of hydrogen-bond donors (Lipinski definition) is 1. The monoisotopic (exact) mass is 344 g/mol. The van der Waals surface area contributed by atoms with Gasteiger partial charge in [0, 0.05) is 12.3 Å². The van der Waals surface area contributed by atoms with Crippen molar-refractivity contribution in [3.63, 3.8) is 0 Å². The molecule has 3 heteroatoms. The number of allylic oxidation sites excluding steroid dienone is 1. The summed E-state index contributed by atoms with van der Waals surface area (Å²) in [7, 11) is 0. The van der Waals surface area contributed by atoms with Gasteiger partial charge in [0.15, 0.2) is 11.6 Å². The van der Waals surface area contributed by atoms with Crippen molar-refractivity contribution in [1.82, 2.24) is 0 Å². The number of fused-ring (bicyclic) bond motifs is 5. The number of hydrogen-bond acceptors (Lipinski definition) is 3. The summed E-state index contributed by atoms with van der Waals surface area (Å²) in [6, 6.07) is 0. The Hall–Kier alpha value is -0.960. The van der Waals surface area contributed by atoms with E-state index in [1.807, 2.05) is 6.08 Å². The molecule has 0 aromatic carbocycles. The molecule has 138 valence electrons. The SMILES string of the molecule is CCC1C[C@H]2[C@@H]3CCC4=CC(=O)CC[C@@H]4[C@H]3CC[C@]2(C)[C@H]1C(=O)CO. The minimum atomic E-state index is -0.296. The van der Waals surface area contributed by atoms with Crippen molar-refractivity contribution in [3.05, 3.63) is 11.6 Å². The number of Topliss-reactive ketones (excluding diaryl/α,β-unsaturated/α-hetero) is 1. The van der Waals surface area contributed by atoms with Crippen LogP contribution in [0.1, 0.15) is 65.2 Å². The quantitative estimate of drug-likeness (QED) is 0.843. The van der Waals surface area contributed by atoms with Crippen LogP contribution in [0, 0.1) is 40.9 Å². The molecule has 0 aromatic heterocycles. The minimum absolute atomic E-state index is 0.0540. The van der Waals surface area contributed by atoms with Crippen molar-refractivity contribution < 1.29 is 14.7 Å². The molecule has 0 aliphatic heterocycles. The summed E-state index contributed by atoms with van der Waals surface area (Å²) in [6.07, 6.45) is 10.5. The van der Waals surface area contributed by atoms with Crippen LogP contribution in [0.4, 0.5) is 0 Å². The maximum absolute atomic E-state index is 12.6. The van der Waals surface area contributed by atoms with Gasteiger partial charge in [0.05, 0.1) is 0 Å². The highest BCUT2D eigenvalue weighted by atomic mass is 16.3. The fraction of sp³-hybridized carbons (Fsp3) is 0.818. The lowest BCUT2D eigenvalue weighted by Crippen LogP contribution is -2.48. The first-order valence-corrected chi connectivity index (χ1v) is 10.4. The van der Waals surface area contributed by atoms with Gasteiger partial charge in [0.1, 0.15) is 6.61 Å². The first-order valence-electron chi connectivity index (χ1n) is 10.4. The smallest absolute Gasteiger partial charge is 0.162 e. The van der Waals surface area contributed by atoms with Crippen LogP contribution in [0.2, 0.25) is 0 Å². The summed E-state index contributed by atoms with van der Waals surface area (Å²) in [4.78, 5) is 24.4. The van der Waals surface area contributed by atoms with Gasteiger partial charge in [-0.2, -0.15) is 0 Å². The molecule has 4 rings (SSSR count). The average molecular weight is 344 g/mol. The summed E-state index contributed by atoms with van der Waals surface area (Å²) in [6.45, 7) is 4.25. The molecule has 3 nitrogen and oxygen atoms in total. The van der Waals surface area contributed by atoms with Gasteiger partial charge in [-0.25, -0.2) is 0 Å². The Morgan fingerprint density at radius 3 is 2.76 bits per heavy atom. The Bertz CT molecular complexity index is 606. The van der Waals surface area contributed by atoms with Crippen LogP contribution in [0.15, 0.2) is 11.6 Å². The van der Waals surface area contributed by atoms with Gasteiger partial charge in [-0.1, -0.05) is 25.8 Å². The zero-order valence-electron chi connectivity index (χ0n) is 15.7. The molecule has 0 bridgehead atoms. The second kappa shape index (κ2) is 6.33. The summed E-state index contributed by atoms with van der Waals surface area (Å²) < 4.78 is 0. The molecule has 7 atom stereocenters. The van der Waals surface area contributed by atoms with Crippen molar-refractivity contribution in [1.29, 1.82) is 0 Å². The third kappa shape index (κ3) is 2.57. The topological polar surface area (TPSA) is 54.4 Å². The molecule has 4 aliphatic rings. The van der Waals surface area contributed by atoms with Crippen LogP contribution >= 0.6 is 0 Å². The number of carbonyl (C=O) groups is 2. The molecule has 0 heterocycles. The van der Waals surface area contributed by atoms with E-state index in [1.165, 1.54) is 18.4 Å². The van der Waals surface area contributed by atoms with Crippen LogP contribution < -0.4 is 0 Å². The van der Waals surface area contributed by atoms with E-state index in [1.54, 1.807) is 0 Å². The molecule has 3 fully saturated rings. The predicted molar refractivity (Wildman–Crippen MR) is 96.8 cm³/mol. The zero-order chi connectivity index (χ0) is 17.8. The molecule has 0 amide bonds. The first kappa shape index (κ1) is 17.5. The van der Waals surface area contributed by atoms with Gasteiger partial charge < -0.3 is 5.11 Å². The maximum atomic E-state index is 12.6. The van der Waals surface area contributed by atoms with E-state index in [9.17, 15) is 14.7 Å². The van der Waals surface area contributed by atoms with Crippen LogP contribution in [-0.4, -0.2) is 23.3 Å². The van der Waals surface area contributed by atoms with E-state index >= 15 is 0 Å². The molecule has 1 unspecified atom stereocenters. The number of aliphatic hydroxyl groups excluding tert-OH is 1. The highest BCUT2D eigenvalue weighted by Gasteiger charge is 2.60. The molecule has 0 saturated heterocycles. The van der Waals surface area contributed by atoms with E-state index in [2.05, 4.69) is 13.8 Å². The largest absolute Gasteiger partial charge is 0.389 e. The van der Waals surface area contributed by atoms with Crippen molar-refractivity contribution in [3.8, 4) is 0 Å². The Labute approximate surface area is 151 Å². The predicted octanol–water partition coefficient (Wildman–Crippen LogP) is 3.94. The second-order valence-corrected chi connectivity index (χ2v) is 9.35. The average Bonchev–Trinajstić information content (AvgIpc) is 2.93. The number of ketones is 2. The number of carbonyl (C=O) groups excluding carboxylic acids is 2. The molecule has 1 N–H and O–H groups in total. The van der Waals surface area contributed by atoms with Crippen molar-refractivity contribution in [2.45, 2.75) is 65.2 Å². The van der Waals surface area contributed by atoms with E-state index in [0.717, 1.165) is 38.5 Å². The van der Waals surface area contributed by atoms with Crippen LogP contribution in [0.25, 0.3) is 0 Å². The summed E-state index contributed by atoms with van der Waals surface area (Å²) >= 11 is 0. The maximum Gasteiger partial charge on any atom is 0.162 e. The Balaban J connectivity index is 1.64. The fourth-order valence-corrected chi connectivity index (χ4v) is 7.49. The van der Waals surface area contributed by atoms with Gasteiger partial charge in [0.25, 0.3) is 0 Å². The molecule has 0 radical (unpaired) electrons. The summed E-state index contributed by atoms with van der Waals surface area (Å²) in [5.74, 6) is 3.56. The standard InChI is InChI=1S/C22H32O3/c1-3-13-11-19-18-6-4-14-10-15(24)5-7-16(14)17(18)8-9-22(19,2)21(13)20(25)12-23/h10,13,16-19,21,23H,3-9,11-12H2,1-2H3/t13?,16-,17+,18+,19-,21+,22-/m0/s1. The highest BCUT2D eigenvalue weighted by molar-refractivity contribution is 5.91. The molecule has 0 aromatic rings. The minimum Gasteiger partial charge on any atom is -0.389 e. The van der Waals surface area contributed by atoms with Crippen LogP contribution in [0.3, 0.4) is 0 Å². The third-order valence-electron chi connectivity index (χ3n) is 8.50. The third-order valence-corrected chi connectivity index (χ3v) is 8.50. The molecule has 0 spiro atoms. The lowest BCUT2D eigenvalue weighted by Gasteiger charge is -2.53. The van der Waals surface area contributed by atoms with E-state index in [-0.39, 0.29) is 23.7 Å². The number of aliphatic hydroxyl groups is 1. The van der Waals surface area contributed by atoms with Gasteiger partial charge in [-0.3, -0.25) is 9.59 Å². The van der Waals surface area contributed by atoms with Crippen molar-refractivity contribution >= 4 is 11.6 Å². The van der Waals surface area contributed by atoms with Crippen LogP contribution in [-0.2, 0) is 9.59 Å². The lowest BCUT2D eigenvalue weighted by molar-refractivity contribution is -0.133. The van der Waals surface area contributed by atoms with E-state index in [0.29, 0.717) is 35.4 Å². The van der Waals surface area contributed by atoms with Gasteiger partial charge in [-0.05, 0) is 79.6 Å². The summed E-state index contributed by atoms with van der Waals surface area (Å²) in [5.41, 5.74) is 1.50. The molecular formula is C22H32O3. The molecule has 25 heavy (non-hydrogen) atoms.